The van der Waals surface area contributed by atoms with Gasteiger partial charge in [-0.3, -0.25) is 24.3 Å². The first-order valence-electron chi connectivity index (χ1n) is 8.37. The van der Waals surface area contributed by atoms with E-state index in [0.717, 1.165) is 17.8 Å². The molecule has 1 heterocycles. The minimum absolute atomic E-state index is 0.0325. The van der Waals surface area contributed by atoms with Crippen molar-refractivity contribution >= 4 is 51.5 Å². The first-order chi connectivity index (χ1) is 13.9. The van der Waals surface area contributed by atoms with E-state index in [9.17, 15) is 19.7 Å². The van der Waals surface area contributed by atoms with Crippen LogP contribution in [0.4, 0.5) is 11.4 Å². The maximum absolute atomic E-state index is 12.7. The zero-order valence-electron chi connectivity index (χ0n) is 15.0. The lowest BCUT2D eigenvalue weighted by atomic mass is 10.2. The molecule has 1 aromatic heterocycles. The molecular weight excluding hydrogens is 416 g/mol. The van der Waals surface area contributed by atoms with Crippen molar-refractivity contribution in [2.45, 2.75) is 11.7 Å². The number of thioether (sulfide) groups is 1. The molecule has 0 aliphatic heterocycles. The van der Waals surface area contributed by atoms with Crippen molar-refractivity contribution in [3.63, 3.8) is 0 Å². The number of halogens is 1. The van der Waals surface area contributed by atoms with Crippen LogP contribution in [-0.2, 0) is 11.3 Å². The van der Waals surface area contributed by atoms with Crippen LogP contribution in [0.25, 0.3) is 10.9 Å². The van der Waals surface area contributed by atoms with E-state index in [1.165, 1.54) is 16.7 Å². The Balaban J connectivity index is 1.79. The third-order valence-corrected chi connectivity index (χ3v) is 5.20. The molecule has 0 radical (unpaired) electrons. The number of carbonyl (C=O) groups is 1. The van der Waals surface area contributed by atoms with Gasteiger partial charge in [0.25, 0.3) is 11.2 Å². The summed E-state index contributed by atoms with van der Waals surface area (Å²) in [5, 5.41) is 14.3. The highest BCUT2D eigenvalue weighted by Gasteiger charge is 2.14. The maximum Gasteiger partial charge on any atom is 0.271 e. The van der Waals surface area contributed by atoms with Gasteiger partial charge in [0.05, 0.1) is 32.3 Å². The molecule has 0 aliphatic carbocycles. The predicted molar refractivity (Wildman–Crippen MR) is 114 cm³/mol. The third kappa shape index (κ3) is 4.64. The Morgan fingerprint density at radius 1 is 1.34 bits per heavy atom. The molecule has 3 aromatic rings. The van der Waals surface area contributed by atoms with Gasteiger partial charge in [0.15, 0.2) is 5.16 Å². The first kappa shape index (κ1) is 20.6. The quantitative estimate of drug-likeness (QED) is 0.200. The predicted octanol–water partition coefficient (Wildman–Crippen LogP) is 3.87. The van der Waals surface area contributed by atoms with E-state index in [1.54, 1.807) is 30.3 Å². The van der Waals surface area contributed by atoms with Crippen LogP contribution < -0.4 is 10.9 Å². The number of nitrogens with zero attached hydrogens (tertiary/aromatic N) is 3. The van der Waals surface area contributed by atoms with Crippen LogP contribution >= 0.6 is 23.4 Å². The van der Waals surface area contributed by atoms with Crippen LogP contribution in [0.15, 0.2) is 65.1 Å². The maximum atomic E-state index is 12.7. The van der Waals surface area contributed by atoms with Crippen LogP contribution in [0.3, 0.4) is 0 Å². The standard InChI is InChI=1S/C19H15ClN4O4S/c1-2-9-23-18(26)13-5-3-4-6-15(13)22-19(23)29-11-17(25)21-16-8-7-12(24(27)28)10-14(16)20/h2-8,10H,1,9,11H2,(H,21,25). The molecule has 2 aromatic carbocycles. The number of para-hydroxylation sites is 1. The zero-order chi connectivity index (χ0) is 21.0. The summed E-state index contributed by atoms with van der Waals surface area (Å²) in [6.45, 7) is 3.92. The fraction of sp³-hybridized carbons (Fsp3) is 0.105. The fourth-order valence-corrected chi connectivity index (χ4v) is 3.61. The van der Waals surface area contributed by atoms with Crippen molar-refractivity contribution in [2.75, 3.05) is 11.1 Å². The van der Waals surface area contributed by atoms with E-state index < -0.39 is 10.8 Å². The number of carbonyl (C=O) groups excluding carboxylic acids is 1. The van der Waals surface area contributed by atoms with Gasteiger partial charge >= 0.3 is 0 Å². The molecule has 148 valence electrons. The van der Waals surface area contributed by atoms with Crippen molar-refractivity contribution in [2.24, 2.45) is 0 Å². The second-order valence-corrected chi connectivity index (χ2v) is 7.22. The average molecular weight is 431 g/mol. The Labute approximate surface area is 174 Å². The summed E-state index contributed by atoms with van der Waals surface area (Å²) in [5.41, 5.74) is 0.421. The smallest absolute Gasteiger partial charge is 0.271 e. The number of non-ortho nitro benzene ring substituents is 1. The molecule has 0 spiro atoms. The highest BCUT2D eigenvalue weighted by atomic mass is 35.5. The second-order valence-electron chi connectivity index (χ2n) is 5.87. The van der Waals surface area contributed by atoms with E-state index in [-0.39, 0.29) is 34.3 Å². The number of nitro groups is 1. The van der Waals surface area contributed by atoms with Crippen LogP contribution in [0.2, 0.25) is 5.02 Å². The molecule has 0 unspecified atom stereocenters. The van der Waals surface area contributed by atoms with Crippen LogP contribution in [0.5, 0.6) is 0 Å². The van der Waals surface area contributed by atoms with Gasteiger partial charge in [0.2, 0.25) is 5.91 Å². The molecular formula is C19H15ClN4O4S. The van der Waals surface area contributed by atoms with Gasteiger partial charge in [-0.05, 0) is 18.2 Å². The van der Waals surface area contributed by atoms with Crippen molar-refractivity contribution in [1.82, 2.24) is 9.55 Å². The fourth-order valence-electron chi connectivity index (χ4n) is 2.58. The largest absolute Gasteiger partial charge is 0.324 e. The van der Waals surface area contributed by atoms with Crippen molar-refractivity contribution in [3.05, 3.63) is 80.6 Å². The summed E-state index contributed by atoms with van der Waals surface area (Å²) in [7, 11) is 0. The Kier molecular flexibility index (Phi) is 6.30. The summed E-state index contributed by atoms with van der Waals surface area (Å²) in [5.74, 6) is -0.423. The van der Waals surface area contributed by atoms with E-state index in [1.807, 2.05) is 0 Å². The van der Waals surface area contributed by atoms with E-state index in [2.05, 4.69) is 16.9 Å². The minimum atomic E-state index is -0.572. The highest BCUT2D eigenvalue weighted by Crippen LogP contribution is 2.27. The van der Waals surface area contributed by atoms with Crippen LogP contribution in [0.1, 0.15) is 0 Å². The lowest BCUT2D eigenvalue weighted by Crippen LogP contribution is -2.23. The number of nitrogens with one attached hydrogen (secondary N) is 1. The number of fused-ring (bicyclic) bond motifs is 1. The summed E-state index contributed by atoms with van der Waals surface area (Å²) >= 11 is 7.09. The average Bonchev–Trinajstić information content (AvgIpc) is 2.70. The number of benzene rings is 2. The number of aromatic nitrogens is 2. The molecule has 1 amide bonds. The number of allylic oxidation sites excluding steroid dienone is 1. The van der Waals surface area contributed by atoms with Crippen molar-refractivity contribution in [1.29, 1.82) is 0 Å². The summed E-state index contributed by atoms with van der Waals surface area (Å²) in [6, 6.07) is 10.8. The summed E-state index contributed by atoms with van der Waals surface area (Å²) in [6.07, 6.45) is 1.58. The number of rotatable bonds is 7. The molecule has 0 saturated carbocycles. The highest BCUT2D eigenvalue weighted by molar-refractivity contribution is 7.99. The molecule has 3 rings (SSSR count). The second kappa shape index (κ2) is 8.89. The third-order valence-electron chi connectivity index (χ3n) is 3.91. The molecule has 0 bridgehead atoms. The van der Waals surface area contributed by atoms with Gasteiger partial charge in [-0.25, -0.2) is 4.98 Å². The first-order valence-corrected chi connectivity index (χ1v) is 9.74. The number of anilines is 1. The summed E-state index contributed by atoms with van der Waals surface area (Å²) < 4.78 is 1.45. The lowest BCUT2D eigenvalue weighted by Gasteiger charge is -2.11. The summed E-state index contributed by atoms with van der Waals surface area (Å²) in [4.78, 5) is 39.7. The molecule has 0 aliphatic rings. The molecule has 29 heavy (non-hydrogen) atoms. The Hall–Kier alpha value is -3.17. The van der Waals surface area contributed by atoms with E-state index >= 15 is 0 Å². The molecule has 0 atom stereocenters. The monoisotopic (exact) mass is 430 g/mol. The Bertz CT molecular complexity index is 1180. The SMILES string of the molecule is C=CCn1c(SCC(=O)Nc2ccc([N+](=O)[O-])cc2Cl)nc2ccccc2c1=O. The number of nitro benzene ring substituents is 1. The minimum Gasteiger partial charge on any atom is -0.324 e. The van der Waals surface area contributed by atoms with Gasteiger partial charge < -0.3 is 5.32 Å². The lowest BCUT2D eigenvalue weighted by molar-refractivity contribution is -0.384. The number of hydrogen-bond donors (Lipinski definition) is 1. The topological polar surface area (TPSA) is 107 Å². The molecule has 10 heteroatoms. The van der Waals surface area contributed by atoms with Crippen molar-refractivity contribution in [3.8, 4) is 0 Å². The molecule has 1 N–H and O–H groups in total. The number of amides is 1. The van der Waals surface area contributed by atoms with Crippen molar-refractivity contribution < 1.29 is 9.72 Å². The molecule has 0 saturated heterocycles. The van der Waals surface area contributed by atoms with E-state index in [4.69, 9.17) is 11.6 Å². The van der Waals surface area contributed by atoms with Gasteiger partial charge in [0.1, 0.15) is 0 Å². The van der Waals surface area contributed by atoms with E-state index in [0.29, 0.717) is 16.1 Å². The molecule has 8 nitrogen and oxygen atoms in total. The zero-order valence-corrected chi connectivity index (χ0v) is 16.6. The number of hydrogen-bond acceptors (Lipinski definition) is 6. The van der Waals surface area contributed by atoms with Gasteiger partial charge in [-0.2, -0.15) is 0 Å². The van der Waals surface area contributed by atoms with Crippen LogP contribution in [0, 0.1) is 10.1 Å². The van der Waals surface area contributed by atoms with Gasteiger partial charge in [0, 0.05) is 18.7 Å². The Morgan fingerprint density at radius 2 is 2.10 bits per heavy atom. The van der Waals surface area contributed by atoms with Crippen LogP contribution in [-0.4, -0.2) is 26.1 Å². The van der Waals surface area contributed by atoms with Gasteiger partial charge in [-0.1, -0.05) is 41.6 Å². The normalized spacial score (nSPS) is 10.7. The molecule has 0 fully saturated rings. The van der Waals surface area contributed by atoms with Gasteiger partial charge in [-0.15, -0.1) is 6.58 Å². The Morgan fingerprint density at radius 3 is 2.79 bits per heavy atom.